The van der Waals surface area contributed by atoms with Crippen molar-refractivity contribution in [2.45, 2.75) is 12.3 Å². The van der Waals surface area contributed by atoms with Crippen LogP contribution in [0.25, 0.3) is 0 Å². The molecule has 2 atom stereocenters. The summed E-state index contributed by atoms with van der Waals surface area (Å²) in [4.78, 5) is 0. The highest BCUT2D eigenvalue weighted by Gasteiger charge is 2.19. The Labute approximate surface area is 134 Å². The summed E-state index contributed by atoms with van der Waals surface area (Å²) in [7, 11) is 0. The van der Waals surface area contributed by atoms with Crippen molar-refractivity contribution in [2.75, 3.05) is 13.2 Å². The van der Waals surface area contributed by atoms with Gasteiger partial charge in [0.1, 0.15) is 0 Å². The number of ether oxygens (including phenoxy) is 2. The standard InChI is InChI=1S/C17H16Cl2O2/c1-11-9-20-15-7-6-12(8-16(15)21-10-11)17(19)13-4-2-3-5-14(13)18/h2-8,11,17H,9-10H2,1H3. The normalized spacial score (nSPS) is 18.9. The molecule has 2 aromatic carbocycles. The minimum Gasteiger partial charge on any atom is -0.489 e. The predicted octanol–water partition coefficient (Wildman–Crippen LogP) is 5.08. The fourth-order valence-corrected chi connectivity index (χ4v) is 2.91. The molecule has 2 unspecified atom stereocenters. The highest BCUT2D eigenvalue weighted by molar-refractivity contribution is 6.33. The molecule has 0 bridgehead atoms. The van der Waals surface area contributed by atoms with Crippen LogP contribution in [0.5, 0.6) is 11.5 Å². The summed E-state index contributed by atoms with van der Waals surface area (Å²) in [6.07, 6.45) is 0. The third-order valence-corrected chi connectivity index (χ3v) is 4.32. The van der Waals surface area contributed by atoms with E-state index >= 15 is 0 Å². The van der Waals surface area contributed by atoms with Gasteiger partial charge < -0.3 is 9.47 Å². The molecule has 0 spiro atoms. The Hall–Kier alpha value is -1.38. The van der Waals surface area contributed by atoms with Crippen molar-refractivity contribution >= 4 is 23.2 Å². The average Bonchev–Trinajstić information content (AvgIpc) is 2.69. The number of hydrogen-bond acceptors (Lipinski definition) is 2. The molecule has 0 saturated heterocycles. The van der Waals surface area contributed by atoms with Crippen molar-refractivity contribution in [3.63, 3.8) is 0 Å². The first-order chi connectivity index (χ1) is 10.1. The molecule has 0 aliphatic carbocycles. The third kappa shape index (κ3) is 3.12. The molecule has 0 fully saturated rings. The van der Waals surface area contributed by atoms with Crippen LogP contribution in [0.4, 0.5) is 0 Å². The molecule has 4 heteroatoms. The summed E-state index contributed by atoms with van der Waals surface area (Å²) in [5.74, 6) is 1.89. The first kappa shape index (κ1) is 14.6. The van der Waals surface area contributed by atoms with Gasteiger partial charge in [-0.1, -0.05) is 42.8 Å². The molecule has 0 radical (unpaired) electrons. The van der Waals surface area contributed by atoms with Crippen molar-refractivity contribution in [1.82, 2.24) is 0 Å². The highest BCUT2D eigenvalue weighted by atomic mass is 35.5. The van der Waals surface area contributed by atoms with E-state index in [1.807, 2.05) is 42.5 Å². The largest absolute Gasteiger partial charge is 0.489 e. The van der Waals surface area contributed by atoms with Crippen LogP contribution < -0.4 is 9.47 Å². The Bertz CT molecular complexity index is 642. The predicted molar refractivity (Wildman–Crippen MR) is 85.7 cm³/mol. The Balaban J connectivity index is 1.92. The van der Waals surface area contributed by atoms with E-state index < -0.39 is 0 Å². The van der Waals surface area contributed by atoms with Gasteiger partial charge in [0.25, 0.3) is 0 Å². The van der Waals surface area contributed by atoms with Crippen molar-refractivity contribution in [3.05, 3.63) is 58.6 Å². The molecule has 2 aromatic rings. The van der Waals surface area contributed by atoms with Crippen molar-refractivity contribution in [3.8, 4) is 11.5 Å². The number of halogens is 2. The van der Waals surface area contributed by atoms with Crippen LogP contribution in [0, 0.1) is 5.92 Å². The Morgan fingerprint density at radius 3 is 2.52 bits per heavy atom. The second-order valence-corrected chi connectivity index (χ2v) is 6.16. The zero-order valence-corrected chi connectivity index (χ0v) is 13.2. The van der Waals surface area contributed by atoms with Crippen LogP contribution in [0.15, 0.2) is 42.5 Å². The summed E-state index contributed by atoms with van der Waals surface area (Å²) in [6, 6.07) is 13.4. The summed E-state index contributed by atoms with van der Waals surface area (Å²) < 4.78 is 11.5. The second kappa shape index (κ2) is 6.17. The van der Waals surface area contributed by atoms with Gasteiger partial charge >= 0.3 is 0 Å². The van der Waals surface area contributed by atoms with Crippen molar-refractivity contribution in [1.29, 1.82) is 0 Å². The monoisotopic (exact) mass is 322 g/mol. The third-order valence-electron chi connectivity index (χ3n) is 3.49. The Morgan fingerprint density at radius 1 is 1.05 bits per heavy atom. The van der Waals surface area contributed by atoms with Crippen LogP contribution >= 0.6 is 23.2 Å². The smallest absolute Gasteiger partial charge is 0.161 e. The Kier molecular flexibility index (Phi) is 4.27. The van der Waals surface area contributed by atoms with Gasteiger partial charge in [-0.15, -0.1) is 11.6 Å². The average molecular weight is 323 g/mol. The molecule has 3 rings (SSSR count). The van der Waals surface area contributed by atoms with E-state index in [0.29, 0.717) is 24.2 Å². The van der Waals surface area contributed by atoms with Crippen molar-refractivity contribution in [2.24, 2.45) is 5.92 Å². The van der Waals surface area contributed by atoms with Gasteiger partial charge in [0.2, 0.25) is 0 Å². The summed E-state index contributed by atoms with van der Waals surface area (Å²) in [5.41, 5.74) is 1.84. The first-order valence-corrected chi connectivity index (χ1v) is 7.74. The molecule has 21 heavy (non-hydrogen) atoms. The van der Waals surface area contributed by atoms with Gasteiger partial charge in [0.05, 0.1) is 18.6 Å². The summed E-state index contributed by atoms with van der Waals surface area (Å²) >= 11 is 12.8. The number of hydrogen-bond donors (Lipinski definition) is 0. The zero-order valence-electron chi connectivity index (χ0n) is 11.7. The van der Waals surface area contributed by atoms with E-state index in [2.05, 4.69) is 6.92 Å². The minimum absolute atomic E-state index is 0.312. The molecule has 110 valence electrons. The van der Waals surface area contributed by atoms with Crippen LogP contribution in [-0.4, -0.2) is 13.2 Å². The molecule has 0 saturated carbocycles. The maximum Gasteiger partial charge on any atom is 0.161 e. The molecular weight excluding hydrogens is 307 g/mol. The lowest BCUT2D eigenvalue weighted by atomic mass is 10.0. The fraction of sp³-hybridized carbons (Fsp3) is 0.294. The number of benzene rings is 2. The minimum atomic E-state index is -0.312. The quantitative estimate of drug-likeness (QED) is 0.718. The van der Waals surface area contributed by atoms with Gasteiger partial charge in [0, 0.05) is 10.9 Å². The van der Waals surface area contributed by atoms with E-state index in [9.17, 15) is 0 Å². The maximum atomic E-state index is 6.57. The van der Waals surface area contributed by atoms with Crippen LogP contribution in [-0.2, 0) is 0 Å². The number of alkyl halides is 1. The van der Waals surface area contributed by atoms with E-state index in [1.165, 1.54) is 0 Å². The van der Waals surface area contributed by atoms with Crippen molar-refractivity contribution < 1.29 is 9.47 Å². The van der Waals surface area contributed by atoms with Gasteiger partial charge in [-0.05, 0) is 29.3 Å². The summed E-state index contributed by atoms with van der Waals surface area (Å²) in [5, 5.41) is 0.353. The summed E-state index contributed by atoms with van der Waals surface area (Å²) in [6.45, 7) is 3.41. The van der Waals surface area contributed by atoms with Gasteiger partial charge in [0.15, 0.2) is 11.5 Å². The van der Waals surface area contributed by atoms with Crippen LogP contribution in [0.2, 0.25) is 5.02 Å². The molecule has 0 amide bonds. The van der Waals surface area contributed by atoms with Gasteiger partial charge in [-0.3, -0.25) is 0 Å². The molecule has 1 heterocycles. The lowest BCUT2D eigenvalue weighted by molar-refractivity contribution is 0.228. The fourth-order valence-electron chi connectivity index (χ4n) is 2.29. The number of fused-ring (bicyclic) bond motifs is 1. The lowest BCUT2D eigenvalue weighted by Gasteiger charge is -2.14. The first-order valence-electron chi connectivity index (χ1n) is 6.93. The second-order valence-electron chi connectivity index (χ2n) is 5.32. The maximum absolute atomic E-state index is 6.57. The SMILES string of the molecule is CC1COc2ccc(C(Cl)c3ccccc3Cl)cc2OC1. The molecule has 2 nitrogen and oxygen atoms in total. The molecule has 1 aliphatic rings. The van der Waals surface area contributed by atoms with E-state index in [-0.39, 0.29) is 5.38 Å². The van der Waals surface area contributed by atoms with E-state index in [4.69, 9.17) is 32.7 Å². The Morgan fingerprint density at radius 2 is 1.76 bits per heavy atom. The van der Waals surface area contributed by atoms with Gasteiger partial charge in [-0.25, -0.2) is 0 Å². The molecular formula is C17H16Cl2O2. The molecule has 0 aromatic heterocycles. The van der Waals surface area contributed by atoms with Crippen LogP contribution in [0.1, 0.15) is 23.4 Å². The molecule has 1 aliphatic heterocycles. The molecule has 0 N–H and O–H groups in total. The van der Waals surface area contributed by atoms with E-state index in [1.54, 1.807) is 0 Å². The van der Waals surface area contributed by atoms with Crippen LogP contribution in [0.3, 0.4) is 0 Å². The topological polar surface area (TPSA) is 18.5 Å². The lowest BCUT2D eigenvalue weighted by Crippen LogP contribution is -2.12. The van der Waals surface area contributed by atoms with Gasteiger partial charge in [-0.2, -0.15) is 0 Å². The van der Waals surface area contributed by atoms with E-state index in [0.717, 1.165) is 22.6 Å². The highest BCUT2D eigenvalue weighted by Crippen LogP contribution is 2.38. The number of rotatable bonds is 2. The zero-order chi connectivity index (χ0) is 14.8.